The van der Waals surface area contributed by atoms with Crippen LogP contribution in [0.4, 0.5) is 9.18 Å². The van der Waals surface area contributed by atoms with Gasteiger partial charge in [-0.1, -0.05) is 6.07 Å². The first-order valence-corrected chi connectivity index (χ1v) is 9.57. The van der Waals surface area contributed by atoms with Crippen molar-refractivity contribution in [3.05, 3.63) is 47.5 Å². The lowest BCUT2D eigenvalue weighted by Crippen LogP contribution is -2.46. The van der Waals surface area contributed by atoms with Gasteiger partial charge in [0.05, 0.1) is 12.6 Å². The Bertz CT molecular complexity index is 822. The number of piperidine rings is 1. The molecule has 144 valence electrons. The van der Waals surface area contributed by atoms with Gasteiger partial charge in [0.2, 0.25) is 0 Å². The number of amides is 2. The molecule has 7 heteroatoms. The Labute approximate surface area is 158 Å². The molecule has 2 aromatic rings. The average molecular weight is 372 g/mol. The summed E-state index contributed by atoms with van der Waals surface area (Å²) in [7, 11) is 1.94. The lowest BCUT2D eigenvalue weighted by atomic mass is 9.95. The fourth-order valence-corrected chi connectivity index (χ4v) is 4.12. The largest absolute Gasteiger partial charge is 0.493 e. The molecule has 27 heavy (non-hydrogen) atoms. The second-order valence-corrected chi connectivity index (χ2v) is 7.34. The number of halogens is 1. The Morgan fingerprint density at radius 3 is 3.00 bits per heavy atom. The standard InChI is InChI=1S/C20H25FN4O2/c1-24-18(8-9-22-24)14-4-2-10-25(13-14)20(26)23-17-5-3-11-27-19-12-15(21)6-7-16(17)19/h6-9,12,14,17H,2-5,10-11,13H2,1H3,(H,23,26). The maximum atomic E-state index is 13.5. The molecule has 0 aliphatic carbocycles. The maximum absolute atomic E-state index is 13.5. The Morgan fingerprint density at radius 2 is 2.19 bits per heavy atom. The van der Waals surface area contributed by atoms with Gasteiger partial charge in [-0.15, -0.1) is 0 Å². The summed E-state index contributed by atoms with van der Waals surface area (Å²) in [4.78, 5) is 14.8. The van der Waals surface area contributed by atoms with Crippen molar-refractivity contribution >= 4 is 6.03 Å². The summed E-state index contributed by atoms with van der Waals surface area (Å²) in [6, 6.07) is 6.34. The maximum Gasteiger partial charge on any atom is 0.317 e. The molecule has 0 saturated carbocycles. The summed E-state index contributed by atoms with van der Waals surface area (Å²) in [6.07, 6.45) is 5.43. The van der Waals surface area contributed by atoms with Gasteiger partial charge in [-0.3, -0.25) is 4.68 Å². The molecule has 1 aromatic carbocycles. The number of nitrogens with zero attached hydrogens (tertiary/aromatic N) is 3. The van der Waals surface area contributed by atoms with Gasteiger partial charge in [0.15, 0.2) is 0 Å². The normalized spacial score (nSPS) is 22.5. The van der Waals surface area contributed by atoms with Crippen molar-refractivity contribution in [2.75, 3.05) is 19.7 Å². The Balaban J connectivity index is 1.47. The highest BCUT2D eigenvalue weighted by atomic mass is 19.1. The predicted octanol–water partition coefficient (Wildman–Crippen LogP) is 3.36. The number of aryl methyl sites for hydroxylation is 1. The van der Waals surface area contributed by atoms with Crippen LogP contribution in [0, 0.1) is 5.82 Å². The Hall–Kier alpha value is -2.57. The van der Waals surface area contributed by atoms with E-state index in [1.807, 2.05) is 22.7 Å². The molecule has 0 radical (unpaired) electrons. The molecule has 4 rings (SSSR count). The van der Waals surface area contributed by atoms with Gasteiger partial charge in [0.1, 0.15) is 11.6 Å². The summed E-state index contributed by atoms with van der Waals surface area (Å²) >= 11 is 0. The van der Waals surface area contributed by atoms with Crippen LogP contribution < -0.4 is 10.1 Å². The van der Waals surface area contributed by atoms with E-state index < -0.39 is 0 Å². The number of urea groups is 1. The highest BCUT2D eigenvalue weighted by Crippen LogP contribution is 2.33. The molecule has 2 unspecified atom stereocenters. The third-order valence-electron chi connectivity index (χ3n) is 5.53. The van der Waals surface area contributed by atoms with E-state index in [4.69, 9.17) is 4.74 Å². The number of nitrogens with one attached hydrogen (secondary N) is 1. The van der Waals surface area contributed by atoms with E-state index in [0.717, 1.165) is 43.5 Å². The number of ether oxygens (including phenoxy) is 1. The Kier molecular flexibility index (Phi) is 5.01. The fourth-order valence-electron chi connectivity index (χ4n) is 4.12. The summed E-state index contributed by atoms with van der Waals surface area (Å²) in [5.41, 5.74) is 2.01. The number of likely N-dealkylation sites (tertiary alicyclic amines) is 1. The van der Waals surface area contributed by atoms with E-state index >= 15 is 0 Å². The van der Waals surface area contributed by atoms with Crippen LogP contribution in [0.2, 0.25) is 0 Å². The SMILES string of the molecule is Cn1nccc1C1CCCN(C(=O)NC2CCCOc3cc(F)ccc32)C1. The van der Waals surface area contributed by atoms with Crippen LogP contribution in [0.5, 0.6) is 5.75 Å². The summed E-state index contributed by atoms with van der Waals surface area (Å²) in [6.45, 7) is 1.97. The van der Waals surface area contributed by atoms with Gasteiger partial charge in [-0.2, -0.15) is 5.10 Å². The van der Waals surface area contributed by atoms with Crippen molar-refractivity contribution < 1.29 is 13.9 Å². The van der Waals surface area contributed by atoms with Crippen LogP contribution >= 0.6 is 0 Å². The van der Waals surface area contributed by atoms with Crippen LogP contribution in [0.1, 0.15) is 48.9 Å². The van der Waals surface area contributed by atoms with Crippen LogP contribution in [0.25, 0.3) is 0 Å². The minimum Gasteiger partial charge on any atom is -0.493 e. The molecule has 6 nitrogen and oxygen atoms in total. The minimum absolute atomic E-state index is 0.0657. The highest BCUT2D eigenvalue weighted by Gasteiger charge is 2.29. The van der Waals surface area contributed by atoms with Crippen molar-refractivity contribution in [2.45, 2.75) is 37.6 Å². The van der Waals surface area contributed by atoms with Gasteiger partial charge in [-0.25, -0.2) is 9.18 Å². The summed E-state index contributed by atoms with van der Waals surface area (Å²) in [5, 5.41) is 7.40. The second-order valence-electron chi connectivity index (χ2n) is 7.34. The molecule has 2 amide bonds. The fraction of sp³-hybridized carbons (Fsp3) is 0.500. The monoisotopic (exact) mass is 372 g/mol. The first-order chi connectivity index (χ1) is 13.1. The first kappa shape index (κ1) is 17.8. The minimum atomic E-state index is -0.323. The van der Waals surface area contributed by atoms with Crippen LogP contribution in [-0.4, -0.2) is 40.4 Å². The molecular weight excluding hydrogens is 347 g/mol. The molecular formula is C20H25FN4O2. The van der Waals surface area contributed by atoms with Crippen molar-refractivity contribution in [1.82, 2.24) is 20.0 Å². The molecule has 1 N–H and O–H groups in total. The van der Waals surface area contributed by atoms with E-state index in [9.17, 15) is 9.18 Å². The third-order valence-corrected chi connectivity index (χ3v) is 5.53. The highest BCUT2D eigenvalue weighted by molar-refractivity contribution is 5.75. The Morgan fingerprint density at radius 1 is 1.30 bits per heavy atom. The molecule has 0 spiro atoms. The quantitative estimate of drug-likeness (QED) is 0.879. The molecule has 3 heterocycles. The van der Waals surface area contributed by atoms with E-state index in [2.05, 4.69) is 10.4 Å². The van der Waals surface area contributed by atoms with Crippen LogP contribution in [0.3, 0.4) is 0 Å². The predicted molar refractivity (Wildman–Crippen MR) is 99.2 cm³/mol. The van der Waals surface area contributed by atoms with Crippen molar-refractivity contribution in [3.8, 4) is 5.75 Å². The van der Waals surface area contributed by atoms with E-state index in [1.165, 1.54) is 12.1 Å². The summed E-state index contributed by atoms with van der Waals surface area (Å²) < 4.78 is 21.1. The zero-order valence-electron chi connectivity index (χ0n) is 15.5. The number of hydrogen-bond donors (Lipinski definition) is 1. The first-order valence-electron chi connectivity index (χ1n) is 9.57. The number of fused-ring (bicyclic) bond motifs is 1. The van der Waals surface area contributed by atoms with Gasteiger partial charge in [0, 0.05) is 49.6 Å². The number of carbonyl (C=O) groups excluding carboxylic acids is 1. The van der Waals surface area contributed by atoms with Crippen molar-refractivity contribution in [2.24, 2.45) is 7.05 Å². The van der Waals surface area contributed by atoms with Crippen LogP contribution in [0.15, 0.2) is 30.5 Å². The molecule has 2 aliphatic rings. The van der Waals surface area contributed by atoms with E-state index in [-0.39, 0.29) is 17.9 Å². The molecule has 1 aromatic heterocycles. The van der Waals surface area contributed by atoms with Crippen molar-refractivity contribution in [1.29, 1.82) is 0 Å². The van der Waals surface area contributed by atoms with Gasteiger partial charge >= 0.3 is 6.03 Å². The van der Waals surface area contributed by atoms with Crippen LogP contribution in [-0.2, 0) is 7.05 Å². The van der Waals surface area contributed by atoms with Gasteiger partial charge < -0.3 is 15.0 Å². The van der Waals surface area contributed by atoms with Gasteiger partial charge in [-0.05, 0) is 37.8 Å². The number of benzene rings is 1. The average Bonchev–Trinajstić information content (AvgIpc) is 3.00. The number of hydrogen-bond acceptors (Lipinski definition) is 3. The van der Waals surface area contributed by atoms with Gasteiger partial charge in [0.25, 0.3) is 0 Å². The third kappa shape index (κ3) is 3.77. The lowest BCUT2D eigenvalue weighted by Gasteiger charge is -2.34. The molecule has 2 aliphatic heterocycles. The van der Waals surface area contributed by atoms with E-state index in [1.54, 1.807) is 12.3 Å². The summed E-state index contributed by atoms with van der Waals surface area (Å²) in [5.74, 6) is 0.510. The number of aromatic nitrogens is 2. The smallest absolute Gasteiger partial charge is 0.317 e. The number of rotatable bonds is 2. The zero-order valence-corrected chi connectivity index (χ0v) is 15.5. The van der Waals surface area contributed by atoms with Crippen molar-refractivity contribution in [3.63, 3.8) is 0 Å². The molecule has 2 atom stereocenters. The molecule has 1 fully saturated rings. The number of carbonyl (C=O) groups is 1. The lowest BCUT2D eigenvalue weighted by molar-refractivity contribution is 0.174. The second kappa shape index (κ2) is 7.58. The van der Waals surface area contributed by atoms with E-state index in [0.29, 0.717) is 24.8 Å². The zero-order chi connectivity index (χ0) is 18.8. The molecule has 1 saturated heterocycles. The topological polar surface area (TPSA) is 59.4 Å². The molecule has 0 bridgehead atoms.